The molecule has 0 saturated carbocycles. The van der Waals surface area contributed by atoms with Crippen molar-refractivity contribution in [2.24, 2.45) is 0 Å². The van der Waals surface area contributed by atoms with Crippen LogP contribution in [0.1, 0.15) is 5.89 Å². The van der Waals surface area contributed by atoms with E-state index in [9.17, 15) is 9.90 Å². The number of aromatic nitrogens is 1. The van der Waals surface area contributed by atoms with E-state index < -0.39 is 0 Å². The van der Waals surface area contributed by atoms with Gasteiger partial charge in [-0.15, -0.1) is 0 Å². The minimum atomic E-state index is 0.180. The first-order valence-electron chi connectivity index (χ1n) is 6.33. The van der Waals surface area contributed by atoms with Gasteiger partial charge in [-0.05, 0) is 36.4 Å². The number of phenolic OH excluding ortho intramolecular Hbond substituents is 1. The number of allylic oxidation sites excluding steroid dienone is 1. The van der Waals surface area contributed by atoms with Crippen LogP contribution < -0.4 is 5.32 Å². The number of aldehydes is 1. The molecule has 0 radical (unpaired) electrons. The van der Waals surface area contributed by atoms with Crippen molar-refractivity contribution in [2.45, 2.75) is 0 Å². The van der Waals surface area contributed by atoms with Gasteiger partial charge in [0.2, 0.25) is 5.89 Å². The van der Waals surface area contributed by atoms with Gasteiger partial charge in [0, 0.05) is 11.9 Å². The number of nitrogens with one attached hydrogen (secondary N) is 1. The average Bonchev–Trinajstić information content (AvgIpc) is 2.93. The summed E-state index contributed by atoms with van der Waals surface area (Å²) in [6, 6.07) is 13.8. The summed E-state index contributed by atoms with van der Waals surface area (Å²) in [6.45, 7) is 0. The van der Waals surface area contributed by atoms with E-state index in [1.165, 1.54) is 6.20 Å². The number of fused-ring (bicyclic) bond motifs is 1. The van der Waals surface area contributed by atoms with Gasteiger partial charge in [-0.3, -0.25) is 4.79 Å². The lowest BCUT2D eigenvalue weighted by Crippen LogP contribution is -1.93. The second kappa shape index (κ2) is 5.50. The largest absolute Gasteiger partial charge is 0.508 e. The first-order chi connectivity index (χ1) is 10.3. The van der Waals surface area contributed by atoms with Crippen molar-refractivity contribution >= 4 is 28.6 Å². The first kappa shape index (κ1) is 12.9. The molecular weight excluding hydrogens is 268 g/mol. The number of anilines is 1. The molecule has 2 N–H and O–H groups in total. The third-order valence-electron chi connectivity index (χ3n) is 2.93. The highest BCUT2D eigenvalue weighted by molar-refractivity contribution is 6.05. The number of aromatic hydroxyl groups is 1. The second-order valence-corrected chi connectivity index (χ2v) is 4.40. The Balaban J connectivity index is 1.88. The van der Waals surface area contributed by atoms with E-state index in [4.69, 9.17) is 4.42 Å². The fraction of sp³-hybridized carbons (Fsp3) is 0. The molecule has 3 rings (SSSR count). The van der Waals surface area contributed by atoms with Crippen molar-refractivity contribution in [2.75, 3.05) is 5.32 Å². The highest BCUT2D eigenvalue weighted by atomic mass is 16.3. The van der Waals surface area contributed by atoms with Crippen LogP contribution in [0.4, 0.5) is 5.69 Å². The number of hydrogen-bond acceptors (Lipinski definition) is 5. The summed E-state index contributed by atoms with van der Waals surface area (Å²) in [5.41, 5.74) is 2.37. The molecule has 0 saturated heterocycles. The SMILES string of the molecule is O=C/C(=C\Nc1ccc(O)cc1)c1nc2ccccc2o1. The van der Waals surface area contributed by atoms with E-state index in [2.05, 4.69) is 10.3 Å². The Hall–Kier alpha value is -3.08. The maximum Gasteiger partial charge on any atom is 0.232 e. The second-order valence-electron chi connectivity index (χ2n) is 4.40. The zero-order valence-corrected chi connectivity index (χ0v) is 11.0. The number of para-hydroxylation sites is 2. The first-order valence-corrected chi connectivity index (χ1v) is 6.33. The predicted molar refractivity (Wildman–Crippen MR) is 79.8 cm³/mol. The lowest BCUT2D eigenvalue weighted by atomic mass is 10.3. The van der Waals surface area contributed by atoms with Crippen LogP contribution in [0.5, 0.6) is 5.75 Å². The van der Waals surface area contributed by atoms with Crippen molar-refractivity contribution in [3.8, 4) is 5.75 Å². The van der Waals surface area contributed by atoms with Crippen LogP contribution in [0.25, 0.3) is 16.7 Å². The Bertz CT molecular complexity index is 771. The highest BCUT2D eigenvalue weighted by Crippen LogP contribution is 2.20. The van der Waals surface area contributed by atoms with E-state index >= 15 is 0 Å². The van der Waals surface area contributed by atoms with Crippen molar-refractivity contribution in [3.63, 3.8) is 0 Å². The lowest BCUT2D eigenvalue weighted by Gasteiger charge is -2.01. The Morgan fingerprint density at radius 1 is 1.14 bits per heavy atom. The maximum absolute atomic E-state index is 11.2. The van der Waals surface area contributed by atoms with E-state index in [0.29, 0.717) is 23.0 Å². The molecule has 0 aliphatic heterocycles. The summed E-state index contributed by atoms with van der Waals surface area (Å²) in [5.74, 6) is 0.441. The fourth-order valence-corrected chi connectivity index (χ4v) is 1.86. The number of carbonyl (C=O) groups excluding carboxylic acids is 1. The molecule has 1 aromatic heterocycles. The molecule has 0 atom stereocenters. The van der Waals surface area contributed by atoms with Crippen LogP contribution >= 0.6 is 0 Å². The van der Waals surface area contributed by atoms with Gasteiger partial charge in [0.1, 0.15) is 11.3 Å². The standard InChI is InChI=1S/C16H12N2O3/c19-10-11(9-17-12-5-7-13(20)8-6-12)16-18-14-3-1-2-4-15(14)21-16/h1-10,17,20H/b11-9+. The molecule has 2 aromatic carbocycles. The molecule has 0 fully saturated rings. The Morgan fingerprint density at radius 3 is 2.62 bits per heavy atom. The number of carbonyl (C=O) groups is 1. The fourth-order valence-electron chi connectivity index (χ4n) is 1.86. The quantitative estimate of drug-likeness (QED) is 0.436. The number of nitrogens with zero attached hydrogens (tertiary/aromatic N) is 1. The summed E-state index contributed by atoms with van der Waals surface area (Å²) >= 11 is 0. The number of phenols is 1. The van der Waals surface area contributed by atoms with Gasteiger partial charge in [-0.25, -0.2) is 4.98 Å². The smallest absolute Gasteiger partial charge is 0.232 e. The molecule has 3 aromatic rings. The summed E-state index contributed by atoms with van der Waals surface area (Å²) in [4.78, 5) is 15.5. The molecule has 1 heterocycles. The minimum absolute atomic E-state index is 0.180. The van der Waals surface area contributed by atoms with Gasteiger partial charge < -0.3 is 14.8 Å². The molecule has 0 aliphatic carbocycles. The minimum Gasteiger partial charge on any atom is -0.508 e. The van der Waals surface area contributed by atoms with E-state index in [0.717, 1.165) is 5.69 Å². The van der Waals surface area contributed by atoms with Crippen LogP contribution in [-0.4, -0.2) is 16.4 Å². The predicted octanol–water partition coefficient (Wildman–Crippen LogP) is 3.19. The van der Waals surface area contributed by atoms with E-state index in [1.807, 2.05) is 18.2 Å². The maximum atomic E-state index is 11.2. The zero-order chi connectivity index (χ0) is 14.7. The van der Waals surface area contributed by atoms with Crippen LogP contribution in [0.3, 0.4) is 0 Å². The molecule has 0 spiro atoms. The van der Waals surface area contributed by atoms with Crippen LogP contribution in [0.15, 0.2) is 59.1 Å². The lowest BCUT2D eigenvalue weighted by molar-refractivity contribution is -0.103. The molecule has 0 aliphatic rings. The van der Waals surface area contributed by atoms with Crippen LogP contribution in [-0.2, 0) is 4.79 Å². The van der Waals surface area contributed by atoms with Gasteiger partial charge in [0.25, 0.3) is 0 Å². The monoisotopic (exact) mass is 280 g/mol. The zero-order valence-electron chi connectivity index (χ0n) is 11.0. The third kappa shape index (κ3) is 2.76. The molecule has 0 bridgehead atoms. The summed E-state index contributed by atoms with van der Waals surface area (Å²) in [6.07, 6.45) is 2.20. The number of hydrogen-bond donors (Lipinski definition) is 2. The molecule has 5 nitrogen and oxygen atoms in total. The number of benzene rings is 2. The Morgan fingerprint density at radius 2 is 1.90 bits per heavy atom. The number of oxazole rings is 1. The van der Waals surface area contributed by atoms with Gasteiger partial charge >= 0.3 is 0 Å². The van der Waals surface area contributed by atoms with Crippen molar-refractivity contribution in [3.05, 3.63) is 60.6 Å². The normalized spacial score (nSPS) is 11.5. The van der Waals surface area contributed by atoms with Crippen molar-refractivity contribution in [1.82, 2.24) is 4.98 Å². The summed E-state index contributed by atoms with van der Waals surface area (Å²) in [5, 5.41) is 12.2. The average molecular weight is 280 g/mol. The van der Waals surface area contributed by atoms with Gasteiger partial charge in [-0.2, -0.15) is 0 Å². The third-order valence-corrected chi connectivity index (χ3v) is 2.93. The van der Waals surface area contributed by atoms with E-state index in [1.54, 1.807) is 30.3 Å². The van der Waals surface area contributed by atoms with E-state index in [-0.39, 0.29) is 11.6 Å². The van der Waals surface area contributed by atoms with Gasteiger partial charge in [0.15, 0.2) is 11.9 Å². The van der Waals surface area contributed by atoms with Crippen LogP contribution in [0.2, 0.25) is 0 Å². The summed E-state index contributed by atoms with van der Waals surface area (Å²) in [7, 11) is 0. The molecule has 0 unspecified atom stereocenters. The van der Waals surface area contributed by atoms with Crippen LogP contribution in [0, 0.1) is 0 Å². The topological polar surface area (TPSA) is 75.4 Å². The number of rotatable bonds is 4. The molecule has 104 valence electrons. The molecule has 5 heteroatoms. The van der Waals surface area contributed by atoms with Gasteiger partial charge in [-0.1, -0.05) is 12.1 Å². The molecule has 21 heavy (non-hydrogen) atoms. The highest BCUT2D eigenvalue weighted by Gasteiger charge is 2.09. The molecule has 0 amide bonds. The Labute approximate surface area is 120 Å². The van der Waals surface area contributed by atoms with Crippen molar-refractivity contribution in [1.29, 1.82) is 0 Å². The van der Waals surface area contributed by atoms with Crippen molar-refractivity contribution < 1.29 is 14.3 Å². The summed E-state index contributed by atoms with van der Waals surface area (Å²) < 4.78 is 5.54. The Kier molecular flexibility index (Phi) is 3.39. The van der Waals surface area contributed by atoms with Gasteiger partial charge in [0.05, 0.1) is 5.57 Å². The molecular formula is C16H12N2O3.